The molecule has 1 heterocycles. The van der Waals surface area contributed by atoms with Crippen LogP contribution in [0.4, 0.5) is 0 Å². The summed E-state index contributed by atoms with van der Waals surface area (Å²) in [7, 11) is 0. The first-order chi connectivity index (χ1) is 7.86. The van der Waals surface area contributed by atoms with E-state index in [0.717, 1.165) is 19.5 Å². The van der Waals surface area contributed by atoms with Crippen LogP contribution in [0.15, 0.2) is 18.5 Å². The molecule has 3 nitrogen and oxygen atoms in total. The second-order valence-electron chi connectivity index (χ2n) is 4.80. The van der Waals surface area contributed by atoms with Crippen molar-refractivity contribution in [1.29, 1.82) is 0 Å². The Morgan fingerprint density at radius 2 is 2.38 bits per heavy atom. The van der Waals surface area contributed by atoms with E-state index in [0.29, 0.717) is 5.92 Å². The average Bonchev–Trinajstić information content (AvgIpc) is 2.90. The smallest absolute Gasteiger partial charge is 0.0568 e. The summed E-state index contributed by atoms with van der Waals surface area (Å²) in [5.74, 6) is 0.564. The van der Waals surface area contributed by atoms with Crippen molar-refractivity contribution in [2.24, 2.45) is 5.92 Å². The van der Waals surface area contributed by atoms with E-state index in [-0.39, 0.29) is 6.10 Å². The molecule has 0 amide bonds. The number of hydrogen-bond acceptors (Lipinski definition) is 2. The Labute approximate surface area is 97.3 Å². The summed E-state index contributed by atoms with van der Waals surface area (Å²) in [4.78, 5) is 3.05. The van der Waals surface area contributed by atoms with E-state index in [9.17, 15) is 5.11 Å². The lowest BCUT2D eigenvalue weighted by molar-refractivity contribution is 0.127. The van der Waals surface area contributed by atoms with Gasteiger partial charge in [-0.2, -0.15) is 0 Å². The van der Waals surface area contributed by atoms with Crippen molar-refractivity contribution in [3.63, 3.8) is 0 Å². The molecule has 3 heteroatoms. The molecule has 1 saturated carbocycles. The summed E-state index contributed by atoms with van der Waals surface area (Å²) in [6.45, 7) is 1.99. The lowest BCUT2D eigenvalue weighted by atomic mass is 10.00. The molecule has 1 aromatic rings. The van der Waals surface area contributed by atoms with Crippen molar-refractivity contribution in [1.82, 2.24) is 10.3 Å². The highest BCUT2D eigenvalue weighted by molar-refractivity contribution is 5.07. The normalized spacial score (nSPS) is 25.1. The van der Waals surface area contributed by atoms with Crippen molar-refractivity contribution in [3.8, 4) is 0 Å². The van der Waals surface area contributed by atoms with E-state index in [1.165, 1.54) is 31.2 Å². The Morgan fingerprint density at radius 3 is 3.06 bits per heavy atom. The molecular weight excluding hydrogens is 200 g/mol. The summed E-state index contributed by atoms with van der Waals surface area (Å²) >= 11 is 0. The highest BCUT2D eigenvalue weighted by Gasteiger charge is 2.24. The van der Waals surface area contributed by atoms with Crippen LogP contribution < -0.4 is 5.32 Å². The SMILES string of the molecule is OC1CCCC1CCCNCc1cc[nH]c1. The summed E-state index contributed by atoms with van der Waals surface area (Å²) in [6, 6.07) is 2.09. The van der Waals surface area contributed by atoms with Gasteiger partial charge in [-0.1, -0.05) is 6.42 Å². The zero-order chi connectivity index (χ0) is 11.2. The van der Waals surface area contributed by atoms with Gasteiger partial charge in [0.05, 0.1) is 6.10 Å². The fraction of sp³-hybridized carbons (Fsp3) is 0.692. The Morgan fingerprint density at radius 1 is 1.44 bits per heavy atom. The minimum Gasteiger partial charge on any atom is -0.393 e. The van der Waals surface area contributed by atoms with E-state index in [1.54, 1.807) is 0 Å². The lowest BCUT2D eigenvalue weighted by Crippen LogP contribution is -2.18. The molecule has 0 aromatic carbocycles. The van der Waals surface area contributed by atoms with Gasteiger partial charge in [0.2, 0.25) is 0 Å². The first kappa shape index (κ1) is 11.7. The van der Waals surface area contributed by atoms with Crippen LogP contribution in [-0.4, -0.2) is 22.7 Å². The third-order valence-electron chi connectivity index (χ3n) is 3.54. The van der Waals surface area contributed by atoms with E-state index in [2.05, 4.69) is 16.4 Å². The van der Waals surface area contributed by atoms with Crippen LogP contribution in [0.5, 0.6) is 0 Å². The Balaban J connectivity index is 1.52. The number of aromatic amines is 1. The monoisotopic (exact) mass is 222 g/mol. The van der Waals surface area contributed by atoms with Crippen LogP contribution in [-0.2, 0) is 6.54 Å². The maximum absolute atomic E-state index is 9.67. The van der Waals surface area contributed by atoms with Gasteiger partial charge in [0.15, 0.2) is 0 Å². The van der Waals surface area contributed by atoms with Crippen LogP contribution in [0.3, 0.4) is 0 Å². The molecule has 0 spiro atoms. The molecule has 1 fully saturated rings. The molecule has 2 atom stereocenters. The zero-order valence-electron chi connectivity index (χ0n) is 9.78. The van der Waals surface area contributed by atoms with Gasteiger partial charge >= 0.3 is 0 Å². The quantitative estimate of drug-likeness (QED) is 0.645. The van der Waals surface area contributed by atoms with Gasteiger partial charge in [-0.3, -0.25) is 0 Å². The second kappa shape index (κ2) is 6.06. The van der Waals surface area contributed by atoms with Gasteiger partial charge in [-0.05, 0) is 49.8 Å². The summed E-state index contributed by atoms with van der Waals surface area (Å²) < 4.78 is 0. The largest absolute Gasteiger partial charge is 0.393 e. The van der Waals surface area contributed by atoms with Gasteiger partial charge < -0.3 is 15.4 Å². The summed E-state index contributed by atoms with van der Waals surface area (Å²) in [5, 5.41) is 13.1. The van der Waals surface area contributed by atoms with E-state index < -0.39 is 0 Å². The maximum atomic E-state index is 9.67. The molecule has 3 N–H and O–H groups in total. The van der Waals surface area contributed by atoms with E-state index >= 15 is 0 Å². The minimum atomic E-state index is -0.0235. The fourth-order valence-electron chi connectivity index (χ4n) is 2.54. The van der Waals surface area contributed by atoms with Crippen LogP contribution in [0.1, 0.15) is 37.7 Å². The molecule has 0 radical (unpaired) electrons. The van der Waals surface area contributed by atoms with Crippen LogP contribution >= 0.6 is 0 Å². The third-order valence-corrected chi connectivity index (χ3v) is 3.54. The van der Waals surface area contributed by atoms with Crippen molar-refractivity contribution in [2.75, 3.05) is 6.54 Å². The topological polar surface area (TPSA) is 48.0 Å². The highest BCUT2D eigenvalue weighted by Crippen LogP contribution is 2.28. The molecule has 1 aliphatic carbocycles. The molecule has 2 rings (SSSR count). The van der Waals surface area contributed by atoms with Crippen LogP contribution in [0.2, 0.25) is 0 Å². The first-order valence-corrected chi connectivity index (χ1v) is 6.36. The summed E-state index contributed by atoms with van der Waals surface area (Å²) in [6.07, 6.45) is 9.74. The van der Waals surface area contributed by atoms with E-state index in [4.69, 9.17) is 0 Å². The molecule has 1 aliphatic rings. The Bertz CT molecular complexity index is 284. The number of aliphatic hydroxyl groups is 1. The molecule has 90 valence electrons. The van der Waals surface area contributed by atoms with Gasteiger partial charge in [0.1, 0.15) is 0 Å². The highest BCUT2D eigenvalue weighted by atomic mass is 16.3. The zero-order valence-corrected chi connectivity index (χ0v) is 9.78. The van der Waals surface area contributed by atoms with Crippen LogP contribution in [0.25, 0.3) is 0 Å². The number of H-pyrrole nitrogens is 1. The Kier molecular flexibility index (Phi) is 4.43. The predicted octanol–water partition coefficient (Wildman–Crippen LogP) is 2.05. The van der Waals surface area contributed by atoms with Gasteiger partial charge in [0, 0.05) is 18.9 Å². The first-order valence-electron chi connectivity index (χ1n) is 6.36. The molecule has 0 aliphatic heterocycles. The third kappa shape index (κ3) is 3.35. The van der Waals surface area contributed by atoms with Crippen molar-refractivity contribution in [3.05, 3.63) is 24.0 Å². The van der Waals surface area contributed by atoms with Crippen molar-refractivity contribution in [2.45, 2.75) is 44.8 Å². The van der Waals surface area contributed by atoms with Crippen LogP contribution in [0, 0.1) is 5.92 Å². The average molecular weight is 222 g/mol. The molecule has 2 unspecified atom stereocenters. The predicted molar refractivity (Wildman–Crippen MR) is 65.1 cm³/mol. The number of aromatic nitrogens is 1. The lowest BCUT2D eigenvalue weighted by Gasteiger charge is -2.13. The van der Waals surface area contributed by atoms with Gasteiger partial charge in [0.25, 0.3) is 0 Å². The number of rotatable bonds is 6. The fourth-order valence-corrected chi connectivity index (χ4v) is 2.54. The standard InChI is InChI=1S/C13H22N2O/c16-13-5-1-3-12(13)4-2-7-14-9-11-6-8-15-10-11/h6,8,10,12-16H,1-5,7,9H2. The van der Waals surface area contributed by atoms with Gasteiger partial charge in [-0.25, -0.2) is 0 Å². The molecule has 16 heavy (non-hydrogen) atoms. The van der Waals surface area contributed by atoms with Crippen molar-refractivity contribution >= 4 is 0 Å². The Hall–Kier alpha value is -0.800. The molecule has 0 saturated heterocycles. The summed E-state index contributed by atoms with van der Waals surface area (Å²) in [5.41, 5.74) is 1.31. The number of hydrogen-bond donors (Lipinski definition) is 3. The minimum absolute atomic E-state index is 0.0235. The maximum Gasteiger partial charge on any atom is 0.0568 e. The molecular formula is C13H22N2O. The molecule has 0 bridgehead atoms. The van der Waals surface area contributed by atoms with Crippen molar-refractivity contribution < 1.29 is 5.11 Å². The van der Waals surface area contributed by atoms with E-state index in [1.807, 2.05) is 12.4 Å². The molecule has 1 aromatic heterocycles. The number of aliphatic hydroxyl groups excluding tert-OH is 1. The number of nitrogens with one attached hydrogen (secondary N) is 2. The second-order valence-corrected chi connectivity index (χ2v) is 4.80. The van der Waals surface area contributed by atoms with Gasteiger partial charge in [-0.15, -0.1) is 0 Å².